The summed E-state index contributed by atoms with van der Waals surface area (Å²) in [6.45, 7) is 10.5. The lowest BCUT2D eigenvalue weighted by atomic mass is 9.68. The number of rotatable bonds is 8. The number of hydrogen-bond acceptors (Lipinski definition) is 3. The first-order chi connectivity index (χ1) is 11.4. The van der Waals surface area contributed by atoms with Crippen LogP contribution in [-0.4, -0.2) is 29.6 Å². The molecule has 4 heteroatoms. The molecule has 2 rings (SSSR count). The van der Waals surface area contributed by atoms with Gasteiger partial charge < -0.3 is 14.1 Å². The molecule has 0 bridgehead atoms. The number of carbonyl (C=O) groups is 1. The van der Waals surface area contributed by atoms with Crippen molar-refractivity contribution in [1.29, 1.82) is 0 Å². The van der Waals surface area contributed by atoms with Gasteiger partial charge in [-0.05, 0) is 57.1 Å². The predicted molar refractivity (Wildman–Crippen MR) is 95.6 cm³/mol. The monoisotopic (exact) mass is 335 g/mol. The Balaban J connectivity index is 2.03. The quantitative estimate of drug-likeness (QED) is 0.686. The number of hydrogen-bond donors (Lipinski definition) is 0. The van der Waals surface area contributed by atoms with Gasteiger partial charge in [0.25, 0.3) is 0 Å². The first-order valence-electron chi connectivity index (χ1n) is 9.28. The average molecular weight is 335 g/mol. The molecule has 1 amide bonds. The van der Waals surface area contributed by atoms with E-state index < -0.39 is 0 Å². The fourth-order valence-corrected chi connectivity index (χ4v) is 4.00. The maximum absolute atomic E-state index is 12.0. The molecular weight excluding hydrogens is 302 g/mol. The van der Waals surface area contributed by atoms with Gasteiger partial charge in [-0.15, -0.1) is 0 Å². The minimum atomic E-state index is -0.0615. The number of carbonyl (C=O) groups excluding carboxylic acids is 1. The second-order valence-electron chi connectivity index (χ2n) is 7.91. The van der Waals surface area contributed by atoms with Gasteiger partial charge in [0.1, 0.15) is 5.76 Å². The van der Waals surface area contributed by atoms with Gasteiger partial charge in [-0.3, -0.25) is 4.79 Å². The summed E-state index contributed by atoms with van der Waals surface area (Å²) in [5, 5.41) is 0. The van der Waals surface area contributed by atoms with Crippen LogP contribution in [-0.2, 0) is 16.1 Å². The number of ether oxygens (including phenoxy) is 1. The summed E-state index contributed by atoms with van der Waals surface area (Å²) in [6, 6.07) is 3.80. The number of amides is 1. The highest BCUT2D eigenvalue weighted by Gasteiger charge is 2.40. The molecule has 0 radical (unpaired) electrons. The first-order valence-corrected chi connectivity index (χ1v) is 9.28. The second kappa shape index (κ2) is 8.19. The van der Waals surface area contributed by atoms with Gasteiger partial charge in [0.2, 0.25) is 5.91 Å². The molecule has 1 aromatic heterocycles. The fourth-order valence-electron chi connectivity index (χ4n) is 4.00. The van der Waals surface area contributed by atoms with Crippen LogP contribution >= 0.6 is 0 Å². The van der Waals surface area contributed by atoms with Crippen molar-refractivity contribution in [2.75, 3.05) is 13.2 Å². The lowest BCUT2D eigenvalue weighted by Gasteiger charge is -2.46. The Morgan fingerprint density at radius 3 is 2.71 bits per heavy atom. The molecule has 4 nitrogen and oxygen atoms in total. The van der Waals surface area contributed by atoms with Gasteiger partial charge in [-0.2, -0.15) is 0 Å². The maximum atomic E-state index is 12.0. The van der Waals surface area contributed by atoms with Gasteiger partial charge >= 0.3 is 0 Å². The molecule has 1 aliphatic heterocycles. The zero-order chi connectivity index (χ0) is 17.6. The van der Waals surface area contributed by atoms with Crippen LogP contribution in [0, 0.1) is 5.41 Å². The van der Waals surface area contributed by atoms with Crippen molar-refractivity contribution in [2.45, 2.75) is 78.4 Å². The van der Waals surface area contributed by atoms with Crippen LogP contribution in [0.5, 0.6) is 0 Å². The van der Waals surface area contributed by atoms with Crippen LogP contribution in [0.1, 0.15) is 72.0 Å². The summed E-state index contributed by atoms with van der Waals surface area (Å²) in [5.41, 5.74) is 0.225. The van der Waals surface area contributed by atoms with E-state index in [1.807, 2.05) is 17.0 Å². The summed E-state index contributed by atoms with van der Waals surface area (Å²) in [6.07, 6.45) is 8.57. The third-order valence-corrected chi connectivity index (χ3v) is 5.27. The topological polar surface area (TPSA) is 42.7 Å². The average Bonchev–Trinajstić information content (AvgIpc) is 3.01. The maximum Gasteiger partial charge on any atom is 0.219 e. The summed E-state index contributed by atoms with van der Waals surface area (Å²) in [7, 11) is 0. The lowest BCUT2D eigenvalue weighted by Crippen LogP contribution is -2.43. The molecule has 1 aromatic rings. The van der Waals surface area contributed by atoms with E-state index in [9.17, 15) is 4.79 Å². The molecule has 2 heterocycles. The predicted octanol–water partition coefficient (Wildman–Crippen LogP) is 4.78. The number of furan rings is 1. The molecule has 0 spiro atoms. The molecule has 1 saturated heterocycles. The molecule has 1 fully saturated rings. The van der Waals surface area contributed by atoms with Gasteiger partial charge in [0.05, 0.1) is 18.4 Å². The highest BCUT2D eigenvalue weighted by Crippen LogP contribution is 2.45. The molecular formula is C20H33NO3. The van der Waals surface area contributed by atoms with E-state index in [0.717, 1.165) is 38.2 Å². The SMILES string of the molecule is CCCCC1(CCN(Cc2ccco2)C(C)=O)CCOC(C)(C)C1. The third-order valence-electron chi connectivity index (χ3n) is 5.27. The molecule has 0 aromatic carbocycles. The van der Waals surface area contributed by atoms with Crippen molar-refractivity contribution in [3.8, 4) is 0 Å². The Labute approximate surface area is 146 Å². The van der Waals surface area contributed by atoms with E-state index in [1.54, 1.807) is 13.2 Å². The summed E-state index contributed by atoms with van der Waals surface area (Å²) >= 11 is 0. The van der Waals surface area contributed by atoms with Crippen LogP contribution < -0.4 is 0 Å². The number of unbranched alkanes of at least 4 members (excludes halogenated alkanes) is 1. The van der Waals surface area contributed by atoms with Crippen LogP contribution in [0.2, 0.25) is 0 Å². The van der Waals surface area contributed by atoms with E-state index in [1.165, 1.54) is 19.3 Å². The standard InChI is InChI=1S/C20H33NO3/c1-5-6-9-20(11-14-24-19(3,4)16-20)10-12-21(17(2)22)15-18-8-7-13-23-18/h7-8,13H,5-6,9-12,14-16H2,1-4H3. The van der Waals surface area contributed by atoms with Crippen LogP contribution in [0.3, 0.4) is 0 Å². The van der Waals surface area contributed by atoms with Crippen molar-refractivity contribution >= 4 is 5.91 Å². The van der Waals surface area contributed by atoms with Crippen molar-refractivity contribution in [3.63, 3.8) is 0 Å². The largest absolute Gasteiger partial charge is 0.467 e. The van der Waals surface area contributed by atoms with Gasteiger partial charge in [0, 0.05) is 20.1 Å². The van der Waals surface area contributed by atoms with E-state index in [4.69, 9.17) is 9.15 Å². The van der Waals surface area contributed by atoms with E-state index in [-0.39, 0.29) is 16.9 Å². The zero-order valence-electron chi connectivity index (χ0n) is 15.8. The van der Waals surface area contributed by atoms with Gasteiger partial charge in [-0.25, -0.2) is 0 Å². The Morgan fingerprint density at radius 2 is 2.12 bits per heavy atom. The molecule has 24 heavy (non-hydrogen) atoms. The Kier molecular flexibility index (Phi) is 6.50. The van der Waals surface area contributed by atoms with E-state index in [2.05, 4.69) is 20.8 Å². The van der Waals surface area contributed by atoms with Crippen molar-refractivity contribution in [3.05, 3.63) is 24.2 Å². The van der Waals surface area contributed by atoms with Crippen molar-refractivity contribution in [1.82, 2.24) is 4.90 Å². The molecule has 1 atom stereocenters. The molecule has 0 aliphatic carbocycles. The molecule has 0 saturated carbocycles. The smallest absolute Gasteiger partial charge is 0.219 e. The number of nitrogens with zero attached hydrogens (tertiary/aromatic N) is 1. The highest BCUT2D eigenvalue weighted by atomic mass is 16.5. The Hall–Kier alpha value is -1.29. The third kappa shape index (κ3) is 5.37. The van der Waals surface area contributed by atoms with E-state index >= 15 is 0 Å². The van der Waals surface area contributed by atoms with E-state index in [0.29, 0.717) is 6.54 Å². The fraction of sp³-hybridized carbons (Fsp3) is 0.750. The summed E-state index contributed by atoms with van der Waals surface area (Å²) in [5.74, 6) is 0.962. The normalized spacial score (nSPS) is 23.2. The molecule has 1 aliphatic rings. The van der Waals surface area contributed by atoms with Crippen molar-refractivity contribution < 1.29 is 13.9 Å². The molecule has 136 valence electrons. The summed E-state index contributed by atoms with van der Waals surface area (Å²) < 4.78 is 11.4. The molecule has 1 unspecified atom stereocenters. The molecule has 0 N–H and O–H groups in total. The zero-order valence-corrected chi connectivity index (χ0v) is 15.8. The highest BCUT2D eigenvalue weighted by molar-refractivity contribution is 5.73. The first kappa shape index (κ1) is 19.0. The minimum absolute atomic E-state index is 0.0615. The van der Waals surface area contributed by atoms with Gasteiger partial charge in [0.15, 0.2) is 0 Å². The van der Waals surface area contributed by atoms with Crippen LogP contribution in [0.25, 0.3) is 0 Å². The van der Waals surface area contributed by atoms with Crippen molar-refractivity contribution in [2.24, 2.45) is 5.41 Å². The second-order valence-corrected chi connectivity index (χ2v) is 7.91. The Bertz CT molecular complexity index is 509. The minimum Gasteiger partial charge on any atom is -0.467 e. The Morgan fingerprint density at radius 1 is 1.33 bits per heavy atom. The lowest BCUT2D eigenvalue weighted by molar-refractivity contribution is -0.132. The summed E-state index contributed by atoms with van der Waals surface area (Å²) in [4.78, 5) is 14.0. The van der Waals surface area contributed by atoms with Crippen LogP contribution in [0.4, 0.5) is 0 Å². The van der Waals surface area contributed by atoms with Gasteiger partial charge in [-0.1, -0.05) is 19.8 Å². The van der Waals surface area contributed by atoms with Crippen LogP contribution in [0.15, 0.2) is 22.8 Å².